The van der Waals surface area contributed by atoms with Crippen molar-refractivity contribution < 1.29 is 18.7 Å². The predicted octanol–water partition coefficient (Wildman–Crippen LogP) is 4.55. The fourth-order valence-electron chi connectivity index (χ4n) is 3.61. The molecule has 1 heterocycles. The Balaban J connectivity index is 1.58. The zero-order valence-corrected chi connectivity index (χ0v) is 19.3. The molecule has 0 atom stereocenters. The maximum absolute atomic E-state index is 13.1. The summed E-state index contributed by atoms with van der Waals surface area (Å²) in [6.45, 7) is 11.1. The van der Waals surface area contributed by atoms with Gasteiger partial charge in [-0.2, -0.15) is 0 Å². The zero-order chi connectivity index (χ0) is 23.3. The van der Waals surface area contributed by atoms with E-state index in [1.807, 2.05) is 52.0 Å². The Hall–Kier alpha value is -3.09. The first kappa shape index (κ1) is 23.6. The highest BCUT2D eigenvalue weighted by Gasteiger charge is 2.26. The van der Waals surface area contributed by atoms with Gasteiger partial charge in [0.15, 0.2) is 0 Å². The monoisotopic (exact) mass is 441 g/mol. The number of rotatable bonds is 5. The van der Waals surface area contributed by atoms with E-state index in [1.165, 1.54) is 12.1 Å². The van der Waals surface area contributed by atoms with Gasteiger partial charge in [0, 0.05) is 50.5 Å². The molecule has 0 aliphatic carbocycles. The van der Waals surface area contributed by atoms with Crippen molar-refractivity contribution in [3.63, 3.8) is 0 Å². The van der Waals surface area contributed by atoms with Crippen LogP contribution in [0.2, 0.25) is 0 Å². The quantitative estimate of drug-likeness (QED) is 0.683. The first-order valence-corrected chi connectivity index (χ1v) is 11.0. The highest BCUT2D eigenvalue weighted by molar-refractivity contribution is 5.94. The zero-order valence-electron chi connectivity index (χ0n) is 19.3. The van der Waals surface area contributed by atoms with Crippen molar-refractivity contribution >= 4 is 17.7 Å². The maximum atomic E-state index is 13.1. The van der Waals surface area contributed by atoms with E-state index >= 15 is 0 Å². The molecule has 1 aliphatic rings. The van der Waals surface area contributed by atoms with Crippen LogP contribution in [-0.4, -0.2) is 60.1 Å². The van der Waals surface area contributed by atoms with Crippen molar-refractivity contribution in [2.75, 3.05) is 37.6 Å². The van der Waals surface area contributed by atoms with E-state index in [2.05, 4.69) is 4.90 Å². The number of piperazine rings is 1. The molecule has 1 aliphatic heterocycles. The molecule has 6 nitrogen and oxygen atoms in total. The Morgan fingerprint density at radius 1 is 0.969 bits per heavy atom. The molecular formula is C25H32FN3O3. The minimum absolute atomic E-state index is 0.0573. The molecule has 172 valence electrons. The minimum Gasteiger partial charge on any atom is -0.444 e. The van der Waals surface area contributed by atoms with Crippen molar-refractivity contribution in [2.45, 2.75) is 39.8 Å². The molecule has 1 saturated heterocycles. The van der Waals surface area contributed by atoms with Crippen LogP contribution in [0.3, 0.4) is 0 Å². The molecule has 32 heavy (non-hydrogen) atoms. The lowest BCUT2D eigenvalue weighted by Crippen LogP contribution is -2.50. The lowest BCUT2D eigenvalue weighted by Gasteiger charge is -2.36. The van der Waals surface area contributed by atoms with E-state index in [1.54, 1.807) is 21.9 Å². The number of benzene rings is 2. The molecule has 0 unspecified atom stereocenters. The molecule has 7 heteroatoms. The van der Waals surface area contributed by atoms with Crippen molar-refractivity contribution in [3.05, 3.63) is 65.5 Å². The van der Waals surface area contributed by atoms with Gasteiger partial charge in [-0.15, -0.1) is 0 Å². The van der Waals surface area contributed by atoms with Gasteiger partial charge in [-0.25, -0.2) is 9.18 Å². The SMILES string of the molecule is CCN(Cc1ccc(F)cc1)C(=O)c1ccc(N2CCN(C(=O)OC(C)(C)C)CC2)cc1. The lowest BCUT2D eigenvalue weighted by atomic mass is 10.1. The summed E-state index contributed by atoms with van der Waals surface area (Å²) < 4.78 is 18.6. The summed E-state index contributed by atoms with van der Waals surface area (Å²) in [5.41, 5.74) is 2.03. The number of halogens is 1. The van der Waals surface area contributed by atoms with Gasteiger partial charge in [-0.3, -0.25) is 4.79 Å². The topological polar surface area (TPSA) is 53.1 Å². The fourth-order valence-corrected chi connectivity index (χ4v) is 3.61. The molecule has 0 aromatic heterocycles. The van der Waals surface area contributed by atoms with Crippen LogP contribution in [0, 0.1) is 5.82 Å². The van der Waals surface area contributed by atoms with Gasteiger partial charge in [0.05, 0.1) is 0 Å². The maximum Gasteiger partial charge on any atom is 0.410 e. The van der Waals surface area contributed by atoms with Crippen LogP contribution in [0.25, 0.3) is 0 Å². The van der Waals surface area contributed by atoms with E-state index < -0.39 is 5.60 Å². The number of carbonyl (C=O) groups excluding carboxylic acids is 2. The lowest BCUT2D eigenvalue weighted by molar-refractivity contribution is 0.0240. The van der Waals surface area contributed by atoms with Gasteiger partial charge >= 0.3 is 6.09 Å². The minimum atomic E-state index is -0.500. The second-order valence-electron chi connectivity index (χ2n) is 8.95. The number of carbonyl (C=O) groups is 2. The largest absolute Gasteiger partial charge is 0.444 e. The Morgan fingerprint density at radius 3 is 2.09 bits per heavy atom. The molecule has 0 bridgehead atoms. The van der Waals surface area contributed by atoms with Crippen LogP contribution < -0.4 is 4.90 Å². The first-order valence-electron chi connectivity index (χ1n) is 11.0. The Morgan fingerprint density at radius 2 is 1.56 bits per heavy atom. The molecule has 0 spiro atoms. The van der Waals surface area contributed by atoms with Crippen molar-refractivity contribution in [3.8, 4) is 0 Å². The number of hydrogen-bond donors (Lipinski definition) is 0. The van der Waals surface area contributed by atoms with E-state index in [0.29, 0.717) is 44.8 Å². The first-order chi connectivity index (χ1) is 15.2. The standard InChI is InChI=1S/C25H32FN3O3/c1-5-27(18-19-6-10-21(26)11-7-19)23(30)20-8-12-22(13-9-20)28-14-16-29(17-15-28)24(31)32-25(2,3)4/h6-13H,5,14-18H2,1-4H3. The summed E-state index contributed by atoms with van der Waals surface area (Å²) in [7, 11) is 0. The van der Waals surface area contributed by atoms with Crippen LogP contribution in [0.1, 0.15) is 43.6 Å². The van der Waals surface area contributed by atoms with Crippen LogP contribution in [0.4, 0.5) is 14.9 Å². The van der Waals surface area contributed by atoms with Gasteiger partial charge in [0.2, 0.25) is 0 Å². The van der Waals surface area contributed by atoms with Gasteiger partial charge in [-0.1, -0.05) is 12.1 Å². The summed E-state index contributed by atoms with van der Waals surface area (Å²) >= 11 is 0. The highest BCUT2D eigenvalue weighted by atomic mass is 19.1. The molecule has 0 N–H and O–H groups in total. The normalized spacial score (nSPS) is 14.3. The van der Waals surface area contributed by atoms with E-state index in [4.69, 9.17) is 4.74 Å². The summed E-state index contributed by atoms with van der Waals surface area (Å²) in [6.07, 6.45) is -0.279. The van der Waals surface area contributed by atoms with Crippen molar-refractivity contribution in [1.82, 2.24) is 9.80 Å². The van der Waals surface area contributed by atoms with Crippen LogP contribution in [0.5, 0.6) is 0 Å². The Bertz CT molecular complexity index is 915. The summed E-state index contributed by atoms with van der Waals surface area (Å²) in [6, 6.07) is 13.8. The van der Waals surface area contributed by atoms with Crippen molar-refractivity contribution in [1.29, 1.82) is 0 Å². The molecular weight excluding hydrogens is 409 g/mol. The third kappa shape index (κ3) is 6.22. The third-order valence-electron chi connectivity index (χ3n) is 5.37. The molecule has 2 aromatic rings. The van der Waals surface area contributed by atoms with Gasteiger partial charge in [-0.05, 0) is 69.7 Å². The van der Waals surface area contributed by atoms with Crippen LogP contribution >= 0.6 is 0 Å². The second kappa shape index (κ2) is 10.0. The second-order valence-corrected chi connectivity index (χ2v) is 8.95. The van der Waals surface area contributed by atoms with Crippen molar-refractivity contribution in [2.24, 2.45) is 0 Å². The van der Waals surface area contributed by atoms with Gasteiger partial charge < -0.3 is 19.4 Å². The Kier molecular flexibility index (Phi) is 7.38. The van der Waals surface area contributed by atoms with E-state index in [9.17, 15) is 14.0 Å². The highest BCUT2D eigenvalue weighted by Crippen LogP contribution is 2.20. The molecule has 2 amide bonds. The van der Waals surface area contributed by atoms with Gasteiger partial charge in [0.25, 0.3) is 5.91 Å². The van der Waals surface area contributed by atoms with Crippen LogP contribution in [0.15, 0.2) is 48.5 Å². The third-order valence-corrected chi connectivity index (χ3v) is 5.37. The fraction of sp³-hybridized carbons (Fsp3) is 0.440. The average Bonchev–Trinajstić information content (AvgIpc) is 2.77. The molecule has 0 saturated carbocycles. The number of amides is 2. The summed E-state index contributed by atoms with van der Waals surface area (Å²) in [4.78, 5) is 30.9. The summed E-state index contributed by atoms with van der Waals surface area (Å²) in [5.74, 6) is -0.344. The molecule has 3 rings (SSSR count). The Labute approximate surface area is 189 Å². The molecule has 0 radical (unpaired) electrons. The predicted molar refractivity (Wildman–Crippen MR) is 123 cm³/mol. The summed E-state index contributed by atoms with van der Waals surface area (Å²) in [5, 5.41) is 0. The van der Waals surface area contributed by atoms with Crippen LogP contribution in [-0.2, 0) is 11.3 Å². The van der Waals surface area contributed by atoms with E-state index in [0.717, 1.165) is 11.3 Å². The number of ether oxygens (including phenoxy) is 1. The van der Waals surface area contributed by atoms with Gasteiger partial charge in [0.1, 0.15) is 11.4 Å². The number of anilines is 1. The average molecular weight is 442 g/mol. The molecule has 2 aromatic carbocycles. The number of hydrogen-bond acceptors (Lipinski definition) is 4. The molecule has 1 fully saturated rings. The number of nitrogens with zero attached hydrogens (tertiary/aromatic N) is 3. The smallest absolute Gasteiger partial charge is 0.410 e. The van der Waals surface area contributed by atoms with E-state index in [-0.39, 0.29) is 17.8 Å².